The molecule has 0 fully saturated rings. The third-order valence-corrected chi connectivity index (χ3v) is 4.52. The van der Waals surface area contributed by atoms with Crippen molar-refractivity contribution in [3.05, 3.63) is 65.5 Å². The Morgan fingerprint density at radius 2 is 1.54 bits per heavy atom. The van der Waals surface area contributed by atoms with Gasteiger partial charge in [0.05, 0.1) is 5.75 Å². The highest BCUT2D eigenvalue weighted by molar-refractivity contribution is 8.00. The fourth-order valence-corrected chi connectivity index (χ4v) is 2.71. The Morgan fingerprint density at radius 1 is 0.893 bits per heavy atom. The van der Waals surface area contributed by atoms with Crippen molar-refractivity contribution in [2.24, 2.45) is 0 Å². The van der Waals surface area contributed by atoms with Gasteiger partial charge in [0.25, 0.3) is 5.91 Å². The fourth-order valence-electron chi connectivity index (χ4n) is 2.01. The molecule has 4 N–H and O–H groups in total. The first kappa shape index (κ1) is 21.2. The molecule has 2 rings (SSSR count). The summed E-state index contributed by atoms with van der Waals surface area (Å²) in [5, 5.41) is 4.90. The first-order valence-corrected chi connectivity index (χ1v) is 9.44. The molecule has 0 atom stereocenters. The lowest BCUT2D eigenvalue weighted by Crippen LogP contribution is -2.48. The average molecular weight is 404 g/mol. The summed E-state index contributed by atoms with van der Waals surface area (Å²) in [7, 11) is 0. The molecule has 148 valence electrons. The first-order valence-electron chi connectivity index (χ1n) is 8.45. The predicted octanol–water partition coefficient (Wildman–Crippen LogP) is 1.87. The number of hydrogen-bond acceptors (Lipinski definition) is 4. The van der Waals surface area contributed by atoms with Crippen LogP contribution in [0.1, 0.15) is 11.1 Å². The summed E-state index contributed by atoms with van der Waals surface area (Å²) in [6.45, 7) is 1.87. The van der Waals surface area contributed by atoms with Crippen molar-refractivity contribution in [3.8, 4) is 0 Å². The molecule has 0 aliphatic carbocycles. The van der Waals surface area contributed by atoms with E-state index in [2.05, 4.69) is 21.5 Å². The monoisotopic (exact) mass is 404 g/mol. The number of benzene rings is 2. The van der Waals surface area contributed by atoms with E-state index in [0.717, 1.165) is 16.0 Å². The summed E-state index contributed by atoms with van der Waals surface area (Å²) in [4.78, 5) is 36.0. The van der Waals surface area contributed by atoms with Crippen LogP contribution in [-0.2, 0) is 16.1 Å². The lowest BCUT2D eigenvalue weighted by molar-refractivity contribution is -0.127. The highest BCUT2D eigenvalue weighted by Crippen LogP contribution is 2.17. The molecule has 0 saturated carbocycles. The van der Waals surface area contributed by atoms with E-state index in [9.17, 15) is 18.8 Å². The number of hydrazine groups is 1. The van der Waals surface area contributed by atoms with E-state index in [4.69, 9.17) is 0 Å². The van der Waals surface area contributed by atoms with Gasteiger partial charge < -0.3 is 10.6 Å². The Balaban J connectivity index is 1.58. The highest BCUT2D eigenvalue weighted by Gasteiger charge is 2.07. The number of halogens is 1. The molecule has 0 saturated heterocycles. The van der Waals surface area contributed by atoms with Crippen molar-refractivity contribution in [2.45, 2.75) is 18.4 Å². The van der Waals surface area contributed by atoms with Crippen LogP contribution in [0.5, 0.6) is 0 Å². The minimum Gasteiger partial charge on any atom is -0.334 e. The van der Waals surface area contributed by atoms with Crippen molar-refractivity contribution in [1.82, 2.24) is 21.5 Å². The minimum atomic E-state index is -0.564. The number of aryl methyl sites for hydroxylation is 1. The number of hydrogen-bond donors (Lipinski definition) is 4. The fraction of sp³-hybridized carbons (Fsp3) is 0.211. The van der Waals surface area contributed by atoms with Crippen LogP contribution >= 0.6 is 11.8 Å². The average Bonchev–Trinajstić information content (AvgIpc) is 2.69. The summed E-state index contributed by atoms with van der Waals surface area (Å²) < 4.78 is 12.8. The van der Waals surface area contributed by atoms with Crippen LogP contribution in [0.3, 0.4) is 0 Å². The van der Waals surface area contributed by atoms with E-state index >= 15 is 0 Å². The molecular formula is C19H21FN4O3S. The van der Waals surface area contributed by atoms with Gasteiger partial charge >= 0.3 is 6.03 Å². The molecule has 2 aromatic rings. The molecule has 0 aliphatic rings. The molecule has 0 aromatic heterocycles. The van der Waals surface area contributed by atoms with Gasteiger partial charge in [-0.05, 0) is 36.8 Å². The Hall–Kier alpha value is -3.07. The second-order valence-electron chi connectivity index (χ2n) is 5.86. The molecule has 4 amide bonds. The quantitative estimate of drug-likeness (QED) is 0.418. The van der Waals surface area contributed by atoms with E-state index in [-0.39, 0.29) is 30.6 Å². The van der Waals surface area contributed by atoms with Crippen LogP contribution in [0.25, 0.3) is 0 Å². The molecule has 0 aliphatic heterocycles. The number of urea groups is 1. The van der Waals surface area contributed by atoms with Crippen molar-refractivity contribution in [3.63, 3.8) is 0 Å². The van der Waals surface area contributed by atoms with E-state index in [1.807, 2.05) is 31.2 Å². The van der Waals surface area contributed by atoms with Crippen molar-refractivity contribution in [2.75, 3.05) is 12.3 Å². The van der Waals surface area contributed by atoms with Crippen LogP contribution in [0.4, 0.5) is 9.18 Å². The SMILES string of the molecule is Cc1ccc(SCC(=O)NNC(=O)CNC(=O)NCc2ccc(F)cc2)cc1. The van der Waals surface area contributed by atoms with Crippen LogP contribution in [-0.4, -0.2) is 30.1 Å². The van der Waals surface area contributed by atoms with Gasteiger partial charge in [0.1, 0.15) is 12.4 Å². The normalized spacial score (nSPS) is 10.1. The zero-order valence-electron chi connectivity index (χ0n) is 15.3. The molecule has 0 unspecified atom stereocenters. The van der Waals surface area contributed by atoms with Crippen LogP contribution < -0.4 is 21.5 Å². The van der Waals surface area contributed by atoms with Gasteiger partial charge in [-0.1, -0.05) is 29.8 Å². The summed E-state index contributed by atoms with van der Waals surface area (Å²) in [5.41, 5.74) is 6.37. The molecule has 0 spiro atoms. The summed E-state index contributed by atoms with van der Waals surface area (Å²) in [5.74, 6) is -1.14. The van der Waals surface area contributed by atoms with Gasteiger partial charge in [-0.3, -0.25) is 20.4 Å². The maximum Gasteiger partial charge on any atom is 0.315 e. The number of carbonyl (C=O) groups excluding carboxylic acids is 3. The Kier molecular flexibility index (Phi) is 8.29. The maximum atomic E-state index is 12.8. The van der Waals surface area contributed by atoms with Crippen molar-refractivity contribution in [1.29, 1.82) is 0 Å². The number of nitrogens with one attached hydrogen (secondary N) is 4. The van der Waals surface area contributed by atoms with Crippen molar-refractivity contribution >= 4 is 29.6 Å². The van der Waals surface area contributed by atoms with Gasteiger partial charge in [0.2, 0.25) is 5.91 Å². The Bertz CT molecular complexity index is 745. The van der Waals surface area contributed by atoms with Gasteiger partial charge in [-0.15, -0.1) is 11.8 Å². The topological polar surface area (TPSA) is 99.3 Å². The van der Waals surface area contributed by atoms with E-state index in [0.29, 0.717) is 0 Å². The molecular weight excluding hydrogens is 383 g/mol. The lowest BCUT2D eigenvalue weighted by Gasteiger charge is -2.09. The third-order valence-electron chi connectivity index (χ3n) is 3.51. The van der Waals surface area contributed by atoms with Gasteiger partial charge in [0.15, 0.2) is 0 Å². The predicted molar refractivity (Wildman–Crippen MR) is 105 cm³/mol. The van der Waals surface area contributed by atoms with E-state index in [1.165, 1.54) is 23.9 Å². The number of carbonyl (C=O) groups is 3. The standard InChI is InChI=1S/C19H21FN4O3S/c1-13-2-8-16(9-3-13)28-12-18(26)24-23-17(25)11-22-19(27)21-10-14-4-6-15(20)7-5-14/h2-9H,10-12H2,1H3,(H,23,25)(H,24,26)(H2,21,22,27). The number of thioether (sulfide) groups is 1. The lowest BCUT2D eigenvalue weighted by atomic mass is 10.2. The van der Waals surface area contributed by atoms with E-state index < -0.39 is 11.9 Å². The summed E-state index contributed by atoms with van der Waals surface area (Å²) in [6, 6.07) is 12.9. The smallest absolute Gasteiger partial charge is 0.315 e. The minimum absolute atomic E-state index is 0.148. The Morgan fingerprint density at radius 3 is 2.21 bits per heavy atom. The van der Waals surface area contributed by atoms with Gasteiger partial charge in [0, 0.05) is 11.4 Å². The molecule has 0 heterocycles. The van der Waals surface area contributed by atoms with Crippen LogP contribution in [0.2, 0.25) is 0 Å². The Labute approximate surface area is 166 Å². The largest absolute Gasteiger partial charge is 0.334 e. The maximum absolute atomic E-state index is 12.8. The summed E-state index contributed by atoms with van der Waals surface area (Å²) in [6.07, 6.45) is 0. The molecule has 0 bridgehead atoms. The van der Waals surface area contributed by atoms with Gasteiger partial charge in [-0.2, -0.15) is 0 Å². The van der Waals surface area contributed by atoms with E-state index in [1.54, 1.807) is 12.1 Å². The second kappa shape index (κ2) is 10.9. The zero-order valence-corrected chi connectivity index (χ0v) is 16.1. The van der Waals surface area contributed by atoms with Crippen molar-refractivity contribution < 1.29 is 18.8 Å². The zero-order chi connectivity index (χ0) is 20.4. The van der Waals surface area contributed by atoms with Crippen LogP contribution in [0.15, 0.2) is 53.4 Å². The second-order valence-corrected chi connectivity index (χ2v) is 6.91. The molecule has 7 nitrogen and oxygen atoms in total. The van der Waals surface area contributed by atoms with Gasteiger partial charge in [-0.25, -0.2) is 9.18 Å². The van der Waals surface area contributed by atoms with Crippen LogP contribution in [0, 0.1) is 12.7 Å². The highest BCUT2D eigenvalue weighted by atomic mass is 32.2. The third kappa shape index (κ3) is 8.09. The first-order chi connectivity index (χ1) is 13.4. The number of rotatable bonds is 7. The number of amides is 4. The molecule has 28 heavy (non-hydrogen) atoms. The molecule has 0 radical (unpaired) electrons. The summed E-state index contributed by atoms with van der Waals surface area (Å²) >= 11 is 1.35. The molecule has 9 heteroatoms. The molecule has 2 aromatic carbocycles.